The quantitative estimate of drug-likeness (QED) is 0.377. The van der Waals surface area contributed by atoms with Crippen LogP contribution in [0.25, 0.3) is 10.9 Å². The Morgan fingerprint density at radius 2 is 1.63 bits per heavy atom. The molecule has 220 valence electrons. The third-order valence-corrected chi connectivity index (χ3v) is 13.5. The second kappa shape index (κ2) is 9.27. The van der Waals surface area contributed by atoms with Gasteiger partial charge in [0.25, 0.3) is 0 Å². The van der Waals surface area contributed by atoms with Crippen LogP contribution in [0.3, 0.4) is 0 Å². The number of aromatic amines is 1. The summed E-state index contributed by atoms with van der Waals surface area (Å²) in [5.41, 5.74) is 3.19. The van der Waals surface area contributed by atoms with Gasteiger partial charge in [0.1, 0.15) is 5.54 Å². The number of nitrogens with zero attached hydrogens (tertiary/aromatic N) is 1. The molecular formula is C35H47N3O2S. The average molecular weight is 574 g/mol. The van der Waals surface area contributed by atoms with Gasteiger partial charge in [-0.1, -0.05) is 32.0 Å². The summed E-state index contributed by atoms with van der Waals surface area (Å²) in [7, 11) is 0. The van der Waals surface area contributed by atoms with Gasteiger partial charge in [0.2, 0.25) is 11.8 Å². The van der Waals surface area contributed by atoms with E-state index < -0.39 is 5.54 Å². The van der Waals surface area contributed by atoms with Crippen LogP contribution in [0.2, 0.25) is 0 Å². The van der Waals surface area contributed by atoms with Crippen molar-refractivity contribution >= 4 is 34.5 Å². The molecule has 1 aromatic carbocycles. The third kappa shape index (κ3) is 4.24. The fourth-order valence-electron chi connectivity index (χ4n) is 10.7. The van der Waals surface area contributed by atoms with Crippen molar-refractivity contribution < 1.29 is 9.59 Å². The van der Waals surface area contributed by atoms with Crippen LogP contribution in [0.4, 0.5) is 0 Å². The zero-order valence-corrected chi connectivity index (χ0v) is 26.0. The van der Waals surface area contributed by atoms with E-state index in [-0.39, 0.29) is 28.8 Å². The van der Waals surface area contributed by atoms with Crippen molar-refractivity contribution in [1.29, 1.82) is 0 Å². The van der Waals surface area contributed by atoms with Crippen LogP contribution in [0.5, 0.6) is 0 Å². The lowest BCUT2D eigenvalue weighted by atomic mass is 9.53. The van der Waals surface area contributed by atoms with Gasteiger partial charge >= 0.3 is 0 Å². The summed E-state index contributed by atoms with van der Waals surface area (Å²) < 4.78 is 0. The van der Waals surface area contributed by atoms with Crippen LogP contribution in [0.15, 0.2) is 24.3 Å². The normalized spacial score (nSPS) is 36.3. The molecule has 1 saturated heterocycles. The first-order valence-corrected chi connectivity index (χ1v) is 17.6. The Morgan fingerprint density at radius 3 is 2.27 bits per heavy atom. The van der Waals surface area contributed by atoms with Crippen molar-refractivity contribution in [2.45, 2.75) is 114 Å². The van der Waals surface area contributed by atoms with Gasteiger partial charge < -0.3 is 15.2 Å². The Kier molecular flexibility index (Phi) is 6.03. The van der Waals surface area contributed by atoms with Crippen LogP contribution >= 0.6 is 11.8 Å². The summed E-state index contributed by atoms with van der Waals surface area (Å²) in [5, 5.41) is 5.05. The van der Waals surface area contributed by atoms with Crippen LogP contribution in [0, 0.1) is 36.0 Å². The summed E-state index contributed by atoms with van der Waals surface area (Å²) in [6, 6.07) is 8.83. The van der Waals surface area contributed by atoms with Crippen LogP contribution in [-0.2, 0) is 9.59 Å². The second-order valence-electron chi connectivity index (χ2n) is 15.6. The number of nitrogens with one attached hydrogen (secondary N) is 2. The molecule has 2 N–H and O–H groups in total. The number of hydrogen-bond donors (Lipinski definition) is 2. The number of aromatic nitrogens is 1. The number of para-hydroxylation sites is 1. The number of H-pyrrole nitrogens is 1. The fraction of sp³-hybridized carbons (Fsp3) is 0.714. The molecule has 7 fully saturated rings. The molecule has 2 heterocycles. The number of carbonyl (C=O) groups excluding carboxylic acids is 2. The highest BCUT2D eigenvalue weighted by Gasteiger charge is 2.62. The van der Waals surface area contributed by atoms with Crippen molar-refractivity contribution in [3.63, 3.8) is 0 Å². The van der Waals surface area contributed by atoms with Crippen molar-refractivity contribution in [2.24, 2.45) is 29.1 Å². The van der Waals surface area contributed by atoms with Gasteiger partial charge in [-0.3, -0.25) is 9.59 Å². The molecular weight excluding hydrogens is 526 g/mol. The number of benzene rings is 1. The smallest absolute Gasteiger partial charge is 0.246 e. The van der Waals surface area contributed by atoms with E-state index in [9.17, 15) is 9.59 Å². The van der Waals surface area contributed by atoms with Gasteiger partial charge in [-0.25, -0.2) is 0 Å². The first-order valence-electron chi connectivity index (χ1n) is 16.5. The van der Waals surface area contributed by atoms with Crippen molar-refractivity contribution in [2.75, 3.05) is 11.5 Å². The summed E-state index contributed by atoms with van der Waals surface area (Å²) in [6.07, 6.45) is 11.8. The molecule has 2 atom stereocenters. The molecule has 4 bridgehead atoms. The van der Waals surface area contributed by atoms with Gasteiger partial charge in [-0.05, 0) is 129 Å². The molecule has 0 radical (unpaired) electrons. The van der Waals surface area contributed by atoms with E-state index in [2.05, 4.69) is 60.2 Å². The molecule has 41 heavy (non-hydrogen) atoms. The predicted octanol–water partition coefficient (Wildman–Crippen LogP) is 6.95. The topological polar surface area (TPSA) is 65.2 Å². The maximum atomic E-state index is 14.6. The number of aryl methyl sites for hydroxylation is 1. The van der Waals surface area contributed by atoms with Gasteiger partial charge in [0.15, 0.2) is 0 Å². The maximum absolute atomic E-state index is 14.6. The van der Waals surface area contributed by atoms with Crippen molar-refractivity contribution in [1.82, 2.24) is 15.2 Å². The summed E-state index contributed by atoms with van der Waals surface area (Å²) in [6.45, 7) is 6.86. The molecule has 7 aliphatic rings. The molecule has 2 aromatic rings. The molecule has 6 aliphatic carbocycles. The van der Waals surface area contributed by atoms with Gasteiger partial charge in [0.05, 0.1) is 0 Å². The van der Waals surface area contributed by atoms with Crippen molar-refractivity contribution in [3.8, 4) is 0 Å². The number of thioether (sulfide) groups is 1. The molecule has 0 spiro atoms. The van der Waals surface area contributed by atoms with E-state index in [1.54, 1.807) is 0 Å². The Labute approximate surface area is 249 Å². The zero-order valence-electron chi connectivity index (χ0n) is 25.1. The molecule has 6 heteroatoms. The number of fused-ring (bicyclic) bond motifs is 1. The second-order valence-corrected chi connectivity index (χ2v) is 16.8. The maximum Gasteiger partial charge on any atom is 0.246 e. The first-order chi connectivity index (χ1) is 19.7. The SMILES string of the molecule is Cc1[nH]c2ccccc2c1C1C(CC(=O)N(C2CC2)C2(C(=O)NC34CC5CC(CC(C5)C3)C4)CCSCC2)C1(C)C. The monoisotopic (exact) mass is 573 g/mol. The van der Waals surface area contributed by atoms with Crippen LogP contribution in [0.1, 0.15) is 102 Å². The zero-order chi connectivity index (χ0) is 28.1. The minimum Gasteiger partial charge on any atom is -0.358 e. The molecule has 9 rings (SSSR count). The third-order valence-electron chi connectivity index (χ3n) is 12.5. The Balaban J connectivity index is 1.07. The van der Waals surface area contributed by atoms with Gasteiger partial charge in [-0.15, -0.1) is 0 Å². The standard InChI is InChI=1S/C35H47N3O2S/c1-21-30(26-6-4-5-7-28(26)36-21)31-27(33(31,2)3)17-29(39)38(25-8-9-25)35(10-12-41-13-11-35)32(40)37-34-18-22-14-23(19-34)16-24(15-22)20-34/h4-7,22-25,27,31,36H,8-20H2,1-3H3,(H,37,40). The first kappa shape index (κ1) is 26.7. The average Bonchev–Trinajstić information content (AvgIpc) is 3.80. The van der Waals surface area contributed by atoms with Gasteiger partial charge in [0, 0.05) is 34.6 Å². The lowest BCUT2D eigenvalue weighted by Crippen LogP contribution is -2.68. The van der Waals surface area contributed by atoms with Crippen LogP contribution in [-0.4, -0.2) is 50.3 Å². The highest BCUT2D eigenvalue weighted by molar-refractivity contribution is 7.99. The molecule has 5 nitrogen and oxygen atoms in total. The Hall–Kier alpha value is -1.95. The Bertz CT molecular complexity index is 1350. The van der Waals surface area contributed by atoms with Gasteiger partial charge in [-0.2, -0.15) is 11.8 Å². The van der Waals surface area contributed by atoms with E-state index in [0.29, 0.717) is 18.3 Å². The molecule has 2 amide bonds. The van der Waals surface area contributed by atoms with E-state index in [0.717, 1.165) is 74.2 Å². The van der Waals surface area contributed by atoms with E-state index in [4.69, 9.17) is 0 Å². The largest absolute Gasteiger partial charge is 0.358 e. The van der Waals surface area contributed by atoms with E-state index >= 15 is 0 Å². The molecule has 1 aliphatic heterocycles. The van der Waals surface area contributed by atoms with E-state index in [1.165, 1.54) is 41.4 Å². The Morgan fingerprint density at radius 1 is 1.00 bits per heavy atom. The number of rotatable bonds is 7. The number of carbonyl (C=O) groups is 2. The minimum absolute atomic E-state index is 0.0157. The van der Waals surface area contributed by atoms with Crippen molar-refractivity contribution in [3.05, 3.63) is 35.5 Å². The predicted molar refractivity (Wildman–Crippen MR) is 166 cm³/mol. The summed E-state index contributed by atoms with van der Waals surface area (Å²) in [5.74, 6) is 5.41. The highest BCUT2D eigenvalue weighted by atomic mass is 32.2. The summed E-state index contributed by atoms with van der Waals surface area (Å²) in [4.78, 5) is 34.9. The van der Waals surface area contributed by atoms with E-state index in [1.807, 2.05) is 11.8 Å². The lowest BCUT2D eigenvalue weighted by molar-refractivity contribution is -0.153. The number of hydrogen-bond acceptors (Lipinski definition) is 3. The lowest BCUT2D eigenvalue weighted by Gasteiger charge is -2.58. The molecule has 1 aromatic heterocycles. The highest BCUT2D eigenvalue weighted by Crippen LogP contribution is 2.67. The minimum atomic E-state index is -0.669. The molecule has 2 unspecified atom stereocenters. The van der Waals surface area contributed by atoms with Crippen LogP contribution < -0.4 is 5.32 Å². The fourth-order valence-corrected chi connectivity index (χ4v) is 11.9. The number of amides is 2. The summed E-state index contributed by atoms with van der Waals surface area (Å²) >= 11 is 1.95. The molecule has 6 saturated carbocycles.